The molecule has 3 aromatic rings. The number of amides is 1. The summed E-state index contributed by atoms with van der Waals surface area (Å²) >= 11 is 1.35. The van der Waals surface area contributed by atoms with Gasteiger partial charge in [0.25, 0.3) is 5.91 Å². The molecule has 0 radical (unpaired) electrons. The minimum atomic E-state index is -4.44. The van der Waals surface area contributed by atoms with Gasteiger partial charge in [0.15, 0.2) is 0 Å². The highest BCUT2D eigenvalue weighted by molar-refractivity contribution is 7.99. The van der Waals surface area contributed by atoms with Crippen LogP contribution in [0.3, 0.4) is 0 Å². The lowest BCUT2D eigenvalue weighted by atomic mass is 10.0. The Morgan fingerprint density at radius 2 is 1.80 bits per heavy atom. The Labute approximate surface area is 178 Å². The molecule has 0 saturated carbocycles. The number of nitrogens with zero attached hydrogens (tertiary/aromatic N) is 1. The van der Waals surface area contributed by atoms with Crippen LogP contribution in [0.15, 0.2) is 41.4 Å². The van der Waals surface area contributed by atoms with Gasteiger partial charge in [-0.3, -0.25) is 4.79 Å². The summed E-state index contributed by atoms with van der Waals surface area (Å²) in [5.41, 5.74) is 3.84. The number of hydrogen-bond acceptors (Lipinski definition) is 3. The van der Waals surface area contributed by atoms with E-state index in [4.69, 9.17) is 0 Å². The lowest BCUT2D eigenvalue weighted by Crippen LogP contribution is -2.25. The van der Waals surface area contributed by atoms with Gasteiger partial charge >= 0.3 is 6.18 Å². The van der Waals surface area contributed by atoms with E-state index >= 15 is 0 Å². The zero-order chi connectivity index (χ0) is 22.1. The van der Waals surface area contributed by atoms with E-state index in [1.807, 2.05) is 39.0 Å². The molecule has 30 heavy (non-hydrogen) atoms. The normalized spacial score (nSPS) is 11.7. The van der Waals surface area contributed by atoms with Crippen molar-refractivity contribution in [2.24, 2.45) is 0 Å². The van der Waals surface area contributed by atoms with E-state index in [2.05, 4.69) is 10.3 Å². The molecule has 1 heterocycles. The van der Waals surface area contributed by atoms with E-state index in [-0.39, 0.29) is 11.4 Å². The first-order valence-corrected chi connectivity index (χ1v) is 10.6. The molecule has 1 N–H and O–H groups in total. The summed E-state index contributed by atoms with van der Waals surface area (Å²) in [6, 6.07) is 9.46. The number of fused-ring (bicyclic) bond motifs is 1. The van der Waals surface area contributed by atoms with Gasteiger partial charge < -0.3 is 5.32 Å². The van der Waals surface area contributed by atoms with Crippen molar-refractivity contribution in [3.8, 4) is 0 Å². The van der Waals surface area contributed by atoms with Crippen molar-refractivity contribution in [2.45, 2.75) is 45.4 Å². The highest BCUT2D eigenvalue weighted by atomic mass is 32.2. The van der Waals surface area contributed by atoms with Crippen LogP contribution in [0, 0.1) is 20.8 Å². The van der Waals surface area contributed by atoms with Gasteiger partial charge in [-0.25, -0.2) is 4.98 Å². The number of thioether (sulfide) groups is 1. The monoisotopic (exact) mass is 432 g/mol. The molecule has 0 bridgehead atoms. The molecule has 0 fully saturated rings. The molecule has 1 amide bonds. The first kappa shape index (κ1) is 22.2. The van der Waals surface area contributed by atoms with E-state index in [0.29, 0.717) is 33.8 Å². The zero-order valence-corrected chi connectivity index (χ0v) is 18.1. The van der Waals surface area contributed by atoms with Gasteiger partial charge in [-0.2, -0.15) is 13.2 Å². The summed E-state index contributed by atoms with van der Waals surface area (Å²) in [4.78, 5) is 17.4. The molecule has 1 aromatic heterocycles. The van der Waals surface area contributed by atoms with Crippen LogP contribution in [0.25, 0.3) is 10.9 Å². The topological polar surface area (TPSA) is 42.0 Å². The molecule has 0 spiro atoms. The SMILES string of the molecule is CCSc1nc2cc(C(F)(F)F)ccc2c(C)c1C(=O)NCc1ccc(C)c(C)c1. The van der Waals surface area contributed by atoms with E-state index in [0.717, 1.165) is 23.3 Å². The second-order valence-corrected chi connectivity index (χ2v) is 8.43. The van der Waals surface area contributed by atoms with E-state index in [1.54, 1.807) is 6.92 Å². The largest absolute Gasteiger partial charge is 0.416 e. The quantitative estimate of drug-likeness (QED) is 0.487. The number of carbonyl (C=O) groups is 1. The van der Waals surface area contributed by atoms with Crippen molar-refractivity contribution in [1.29, 1.82) is 0 Å². The number of alkyl halides is 3. The molecule has 3 nitrogen and oxygen atoms in total. The molecule has 0 saturated heterocycles. The average molecular weight is 433 g/mol. The molecule has 3 rings (SSSR count). The number of aryl methyl sites for hydroxylation is 3. The molecule has 7 heteroatoms. The fourth-order valence-corrected chi connectivity index (χ4v) is 4.10. The molecule has 0 aliphatic rings. The maximum Gasteiger partial charge on any atom is 0.416 e. The van der Waals surface area contributed by atoms with Crippen LogP contribution in [0.2, 0.25) is 0 Å². The number of benzene rings is 2. The zero-order valence-electron chi connectivity index (χ0n) is 17.3. The highest BCUT2D eigenvalue weighted by Gasteiger charge is 2.31. The summed E-state index contributed by atoms with van der Waals surface area (Å²) in [5.74, 6) is 0.366. The number of carbonyl (C=O) groups excluding carboxylic acids is 1. The van der Waals surface area contributed by atoms with Crippen molar-refractivity contribution in [3.63, 3.8) is 0 Å². The molecule has 0 aliphatic carbocycles. The minimum absolute atomic E-state index is 0.240. The Kier molecular flexibility index (Phi) is 6.41. The van der Waals surface area contributed by atoms with Crippen LogP contribution >= 0.6 is 11.8 Å². The smallest absolute Gasteiger partial charge is 0.348 e. The second kappa shape index (κ2) is 8.68. The van der Waals surface area contributed by atoms with Gasteiger partial charge in [-0.05, 0) is 60.9 Å². The molecule has 158 valence electrons. The fourth-order valence-electron chi connectivity index (χ4n) is 3.27. The van der Waals surface area contributed by atoms with Crippen LogP contribution in [-0.2, 0) is 12.7 Å². The number of halogens is 3. The third-order valence-electron chi connectivity index (χ3n) is 5.07. The summed E-state index contributed by atoms with van der Waals surface area (Å²) in [7, 11) is 0. The van der Waals surface area contributed by atoms with E-state index < -0.39 is 11.7 Å². The Bertz CT molecular complexity index is 1110. The minimum Gasteiger partial charge on any atom is -0.348 e. The first-order chi connectivity index (χ1) is 14.1. The van der Waals surface area contributed by atoms with Gasteiger partial charge in [0.1, 0.15) is 5.03 Å². The Hall–Kier alpha value is -2.54. The Morgan fingerprint density at radius 3 is 2.43 bits per heavy atom. The Morgan fingerprint density at radius 1 is 1.07 bits per heavy atom. The van der Waals surface area contributed by atoms with E-state index in [9.17, 15) is 18.0 Å². The molecular weight excluding hydrogens is 409 g/mol. The van der Waals surface area contributed by atoms with Crippen LogP contribution in [0.4, 0.5) is 13.2 Å². The third kappa shape index (κ3) is 4.61. The lowest BCUT2D eigenvalue weighted by molar-refractivity contribution is -0.137. The first-order valence-electron chi connectivity index (χ1n) is 9.60. The third-order valence-corrected chi connectivity index (χ3v) is 5.93. The molecular formula is C23H23F3N2OS. The summed E-state index contributed by atoms with van der Waals surface area (Å²) in [5, 5.41) is 3.92. The predicted molar refractivity (Wildman–Crippen MR) is 115 cm³/mol. The fraction of sp³-hybridized carbons (Fsp3) is 0.304. The summed E-state index contributed by atoms with van der Waals surface area (Å²) in [6.07, 6.45) is -4.44. The van der Waals surface area contributed by atoms with Crippen molar-refractivity contribution in [2.75, 3.05) is 5.75 Å². The van der Waals surface area contributed by atoms with E-state index in [1.165, 1.54) is 23.4 Å². The van der Waals surface area contributed by atoms with Crippen LogP contribution in [0.1, 0.15) is 45.1 Å². The lowest BCUT2D eigenvalue weighted by Gasteiger charge is -2.15. The number of hydrogen-bond donors (Lipinski definition) is 1. The highest BCUT2D eigenvalue weighted by Crippen LogP contribution is 2.34. The number of rotatable bonds is 5. The van der Waals surface area contributed by atoms with Crippen LogP contribution < -0.4 is 5.32 Å². The summed E-state index contributed by atoms with van der Waals surface area (Å²) in [6.45, 7) is 8.07. The molecule has 2 aromatic carbocycles. The van der Waals surface area contributed by atoms with Crippen LogP contribution in [-0.4, -0.2) is 16.6 Å². The van der Waals surface area contributed by atoms with Crippen LogP contribution in [0.5, 0.6) is 0 Å². The van der Waals surface area contributed by atoms with Crippen molar-refractivity contribution in [1.82, 2.24) is 10.3 Å². The number of aromatic nitrogens is 1. The van der Waals surface area contributed by atoms with Gasteiger partial charge in [0.05, 0.1) is 16.6 Å². The number of nitrogens with one attached hydrogen (secondary N) is 1. The molecule has 0 unspecified atom stereocenters. The van der Waals surface area contributed by atoms with Gasteiger partial charge in [-0.15, -0.1) is 11.8 Å². The number of pyridine rings is 1. The van der Waals surface area contributed by atoms with Gasteiger partial charge in [-0.1, -0.05) is 31.2 Å². The standard InChI is InChI=1S/C23H23F3N2OS/c1-5-30-22-20(21(29)27-12-16-7-6-13(2)14(3)10-16)15(4)18-9-8-17(23(24,25)26)11-19(18)28-22/h6-11H,5,12H2,1-4H3,(H,27,29). The predicted octanol–water partition coefficient (Wildman–Crippen LogP) is 6.22. The van der Waals surface area contributed by atoms with Crippen molar-refractivity contribution < 1.29 is 18.0 Å². The molecule has 0 atom stereocenters. The maximum absolute atomic E-state index is 13.1. The van der Waals surface area contributed by atoms with Gasteiger partial charge in [0, 0.05) is 11.9 Å². The Balaban J connectivity index is 1.98. The van der Waals surface area contributed by atoms with Gasteiger partial charge in [0.2, 0.25) is 0 Å². The second-order valence-electron chi connectivity index (χ2n) is 7.18. The maximum atomic E-state index is 13.1. The molecule has 0 aliphatic heterocycles. The summed E-state index contributed by atoms with van der Waals surface area (Å²) < 4.78 is 39.3. The van der Waals surface area contributed by atoms with Crippen molar-refractivity contribution >= 4 is 28.6 Å². The average Bonchev–Trinajstić information content (AvgIpc) is 2.68. The van der Waals surface area contributed by atoms with Crippen molar-refractivity contribution in [3.05, 3.63) is 69.8 Å².